The average molecular weight is 313 g/mol. The standard InChI is InChI=1S/C18H23N3O2/c1-13-15(20-23-19-13)10-16(22)21(4)12-18(11-17(18,2)3)14-8-6-5-7-9-14/h5-9H,10-12H2,1-4H3. The number of hydrogen-bond donors (Lipinski definition) is 0. The molecule has 1 saturated carbocycles. The Labute approximate surface area is 136 Å². The van der Waals surface area contributed by atoms with Gasteiger partial charge in [0.15, 0.2) is 0 Å². The van der Waals surface area contributed by atoms with E-state index in [1.165, 1.54) is 5.56 Å². The molecule has 0 saturated heterocycles. The Morgan fingerprint density at radius 2 is 1.91 bits per heavy atom. The second-order valence-corrected chi connectivity index (χ2v) is 7.23. The van der Waals surface area contributed by atoms with E-state index in [0.29, 0.717) is 17.9 Å². The lowest BCUT2D eigenvalue weighted by Gasteiger charge is -2.27. The van der Waals surface area contributed by atoms with E-state index < -0.39 is 0 Å². The predicted molar refractivity (Wildman–Crippen MR) is 86.9 cm³/mol. The minimum absolute atomic E-state index is 0.0375. The number of hydrogen-bond acceptors (Lipinski definition) is 4. The molecular formula is C18H23N3O2. The van der Waals surface area contributed by atoms with Crippen molar-refractivity contribution in [1.82, 2.24) is 15.2 Å². The second-order valence-electron chi connectivity index (χ2n) is 7.23. The number of aryl methyl sites for hydroxylation is 1. The molecular weight excluding hydrogens is 290 g/mol. The van der Waals surface area contributed by atoms with Crippen LogP contribution in [0.15, 0.2) is 35.0 Å². The molecule has 1 aliphatic carbocycles. The van der Waals surface area contributed by atoms with Gasteiger partial charge >= 0.3 is 0 Å². The molecule has 5 heteroatoms. The highest BCUT2D eigenvalue weighted by atomic mass is 16.6. The van der Waals surface area contributed by atoms with Gasteiger partial charge in [-0.05, 0) is 24.3 Å². The Morgan fingerprint density at radius 3 is 2.43 bits per heavy atom. The van der Waals surface area contributed by atoms with Gasteiger partial charge < -0.3 is 4.90 Å². The zero-order valence-electron chi connectivity index (χ0n) is 14.2. The molecule has 1 unspecified atom stereocenters. The highest BCUT2D eigenvalue weighted by Crippen LogP contribution is 2.64. The van der Waals surface area contributed by atoms with E-state index in [9.17, 15) is 4.79 Å². The summed E-state index contributed by atoms with van der Waals surface area (Å²) in [4.78, 5) is 14.3. The zero-order valence-corrected chi connectivity index (χ0v) is 14.2. The van der Waals surface area contributed by atoms with E-state index >= 15 is 0 Å². The number of aromatic nitrogens is 2. The van der Waals surface area contributed by atoms with Gasteiger partial charge in [-0.25, -0.2) is 4.63 Å². The summed E-state index contributed by atoms with van der Waals surface area (Å²) in [5.74, 6) is 0.0433. The SMILES string of the molecule is Cc1nonc1CC(=O)N(C)CC1(c2ccccc2)CC1(C)C. The van der Waals surface area contributed by atoms with Gasteiger partial charge in [-0.3, -0.25) is 4.79 Å². The highest BCUT2D eigenvalue weighted by molar-refractivity contribution is 5.78. The van der Waals surface area contributed by atoms with Crippen LogP contribution in [0, 0.1) is 12.3 Å². The smallest absolute Gasteiger partial charge is 0.228 e. The van der Waals surface area contributed by atoms with E-state index in [0.717, 1.165) is 6.42 Å². The summed E-state index contributed by atoms with van der Waals surface area (Å²) in [6.45, 7) is 7.05. The minimum atomic E-state index is 0.0375. The third-order valence-corrected chi connectivity index (χ3v) is 5.24. The van der Waals surface area contributed by atoms with Gasteiger partial charge in [-0.2, -0.15) is 0 Å². The van der Waals surface area contributed by atoms with Crippen molar-refractivity contribution in [2.75, 3.05) is 13.6 Å². The van der Waals surface area contributed by atoms with Crippen molar-refractivity contribution in [1.29, 1.82) is 0 Å². The molecule has 1 atom stereocenters. The Kier molecular flexibility index (Phi) is 3.74. The molecule has 23 heavy (non-hydrogen) atoms. The van der Waals surface area contributed by atoms with Gasteiger partial charge in [0.2, 0.25) is 5.91 Å². The summed E-state index contributed by atoms with van der Waals surface area (Å²) in [5, 5.41) is 7.53. The third-order valence-electron chi connectivity index (χ3n) is 5.24. The number of carbonyl (C=O) groups excluding carboxylic acids is 1. The van der Waals surface area contributed by atoms with E-state index in [4.69, 9.17) is 0 Å². The topological polar surface area (TPSA) is 59.2 Å². The minimum Gasteiger partial charge on any atom is -0.345 e. The van der Waals surface area contributed by atoms with Crippen molar-refractivity contribution < 1.29 is 9.42 Å². The molecule has 2 aromatic rings. The van der Waals surface area contributed by atoms with Crippen molar-refractivity contribution in [3.8, 4) is 0 Å². The monoisotopic (exact) mass is 313 g/mol. The molecule has 1 aromatic heterocycles. The predicted octanol–water partition coefficient (Wildman–Crippen LogP) is 2.75. The third kappa shape index (κ3) is 2.76. The van der Waals surface area contributed by atoms with Crippen LogP contribution < -0.4 is 0 Å². The normalized spacial score (nSPS) is 21.9. The van der Waals surface area contributed by atoms with Gasteiger partial charge in [-0.1, -0.05) is 54.5 Å². The maximum absolute atomic E-state index is 12.5. The van der Waals surface area contributed by atoms with Gasteiger partial charge in [0.05, 0.1) is 6.42 Å². The van der Waals surface area contributed by atoms with E-state index in [-0.39, 0.29) is 23.2 Å². The fourth-order valence-corrected chi connectivity index (χ4v) is 3.50. The van der Waals surface area contributed by atoms with E-state index in [2.05, 4.69) is 53.1 Å². The summed E-state index contributed by atoms with van der Waals surface area (Å²) < 4.78 is 4.67. The number of likely N-dealkylation sites (N-methyl/N-ethyl adjacent to an activating group) is 1. The lowest BCUT2D eigenvalue weighted by Crippen LogP contribution is -2.37. The molecule has 1 fully saturated rings. The Bertz CT molecular complexity index is 708. The van der Waals surface area contributed by atoms with Gasteiger partial charge in [-0.15, -0.1) is 0 Å². The van der Waals surface area contributed by atoms with Crippen LogP contribution in [0.1, 0.15) is 37.2 Å². The Balaban J connectivity index is 1.74. The molecule has 1 heterocycles. The second kappa shape index (κ2) is 5.48. The first kappa shape index (κ1) is 15.7. The molecule has 5 nitrogen and oxygen atoms in total. The highest BCUT2D eigenvalue weighted by Gasteiger charge is 2.62. The summed E-state index contributed by atoms with van der Waals surface area (Å²) in [5.41, 5.74) is 2.84. The fraction of sp³-hybridized carbons (Fsp3) is 0.500. The van der Waals surface area contributed by atoms with Crippen LogP contribution in [-0.2, 0) is 16.6 Å². The molecule has 0 spiro atoms. The van der Waals surface area contributed by atoms with Gasteiger partial charge in [0, 0.05) is 19.0 Å². The van der Waals surface area contributed by atoms with Crippen LogP contribution >= 0.6 is 0 Å². The van der Waals surface area contributed by atoms with Crippen molar-refractivity contribution in [2.24, 2.45) is 5.41 Å². The zero-order chi connectivity index (χ0) is 16.7. The summed E-state index contributed by atoms with van der Waals surface area (Å²) in [6, 6.07) is 10.5. The summed E-state index contributed by atoms with van der Waals surface area (Å²) >= 11 is 0. The maximum atomic E-state index is 12.5. The average Bonchev–Trinajstić information content (AvgIpc) is 2.85. The Morgan fingerprint density at radius 1 is 1.26 bits per heavy atom. The lowest BCUT2D eigenvalue weighted by molar-refractivity contribution is -0.129. The fourth-order valence-electron chi connectivity index (χ4n) is 3.50. The molecule has 0 aliphatic heterocycles. The maximum Gasteiger partial charge on any atom is 0.228 e. The molecule has 1 aromatic carbocycles. The van der Waals surface area contributed by atoms with Crippen molar-refractivity contribution >= 4 is 5.91 Å². The number of benzene rings is 1. The van der Waals surface area contributed by atoms with Gasteiger partial charge in [0.25, 0.3) is 0 Å². The molecule has 0 N–H and O–H groups in total. The summed E-state index contributed by atoms with van der Waals surface area (Å²) in [6.07, 6.45) is 1.32. The number of amides is 1. The van der Waals surface area contributed by atoms with Crippen LogP contribution in [0.3, 0.4) is 0 Å². The molecule has 0 radical (unpaired) electrons. The van der Waals surface area contributed by atoms with Gasteiger partial charge in [0.1, 0.15) is 11.4 Å². The van der Waals surface area contributed by atoms with Crippen LogP contribution in [0.4, 0.5) is 0 Å². The number of rotatable bonds is 5. The largest absolute Gasteiger partial charge is 0.345 e. The quantitative estimate of drug-likeness (QED) is 0.851. The van der Waals surface area contributed by atoms with Crippen LogP contribution in [0.25, 0.3) is 0 Å². The van der Waals surface area contributed by atoms with Crippen molar-refractivity contribution in [3.05, 3.63) is 47.3 Å². The first-order valence-electron chi connectivity index (χ1n) is 7.93. The number of carbonyl (C=O) groups is 1. The molecule has 122 valence electrons. The van der Waals surface area contributed by atoms with E-state index in [1.807, 2.05) is 18.0 Å². The first-order valence-corrected chi connectivity index (χ1v) is 7.93. The van der Waals surface area contributed by atoms with Crippen molar-refractivity contribution in [2.45, 2.75) is 39.0 Å². The molecule has 1 amide bonds. The van der Waals surface area contributed by atoms with E-state index in [1.54, 1.807) is 6.92 Å². The van der Waals surface area contributed by atoms with Crippen LogP contribution in [-0.4, -0.2) is 34.7 Å². The lowest BCUT2D eigenvalue weighted by atomic mass is 9.87. The van der Waals surface area contributed by atoms with Crippen molar-refractivity contribution in [3.63, 3.8) is 0 Å². The Hall–Kier alpha value is -2.17. The first-order chi connectivity index (χ1) is 10.9. The molecule has 0 bridgehead atoms. The molecule has 1 aliphatic rings. The molecule has 3 rings (SSSR count). The van der Waals surface area contributed by atoms with Crippen LogP contribution in [0.2, 0.25) is 0 Å². The summed E-state index contributed by atoms with van der Waals surface area (Å²) in [7, 11) is 1.87. The van der Waals surface area contributed by atoms with Crippen LogP contribution in [0.5, 0.6) is 0 Å². The number of nitrogens with zero attached hydrogens (tertiary/aromatic N) is 3.